The number of aryl methyl sites for hydroxylation is 1. The second-order valence-electron chi connectivity index (χ2n) is 5.45. The first kappa shape index (κ1) is 13.7. The predicted octanol–water partition coefficient (Wildman–Crippen LogP) is 2.58. The van der Waals surface area contributed by atoms with Crippen LogP contribution in [-0.2, 0) is 6.54 Å². The lowest BCUT2D eigenvalue weighted by molar-refractivity contribution is 0.295. The lowest BCUT2D eigenvalue weighted by Gasteiger charge is -2.22. The zero-order valence-corrected chi connectivity index (χ0v) is 12.0. The van der Waals surface area contributed by atoms with E-state index in [-0.39, 0.29) is 5.54 Å². The monoisotopic (exact) mass is 268 g/mol. The summed E-state index contributed by atoms with van der Waals surface area (Å²) in [6.07, 6.45) is 2.28. The lowest BCUT2D eigenvalue weighted by atomic mass is 10.1. The van der Waals surface area contributed by atoms with E-state index in [1.807, 2.05) is 12.1 Å². The van der Waals surface area contributed by atoms with Crippen LogP contribution in [0.1, 0.15) is 24.0 Å². The Morgan fingerprint density at radius 3 is 2.67 bits per heavy atom. The van der Waals surface area contributed by atoms with E-state index in [2.05, 4.69) is 18.9 Å². The molecule has 0 unspecified atom stereocenters. The van der Waals surface area contributed by atoms with Gasteiger partial charge in [0, 0.05) is 18.6 Å². The van der Waals surface area contributed by atoms with Gasteiger partial charge in [0.25, 0.3) is 0 Å². The number of methoxy groups -OCH3 is 1. The second kappa shape index (κ2) is 5.08. The average molecular weight is 269 g/mol. The van der Waals surface area contributed by atoms with E-state index in [1.165, 1.54) is 11.1 Å². The molecule has 0 spiro atoms. The summed E-state index contributed by atoms with van der Waals surface area (Å²) in [5, 5.41) is 0.667. The van der Waals surface area contributed by atoms with Gasteiger partial charge in [0.05, 0.1) is 12.1 Å². The Morgan fingerprint density at radius 2 is 2.11 bits per heavy atom. The summed E-state index contributed by atoms with van der Waals surface area (Å²) in [6.45, 7) is 3.89. The Bertz CT molecular complexity index is 444. The number of ether oxygens (including phenoxy) is 1. The maximum absolute atomic E-state index is 6.16. The highest BCUT2D eigenvalue weighted by atomic mass is 35.5. The molecule has 1 aliphatic rings. The number of nitrogens with two attached hydrogens (primary N) is 1. The molecule has 0 radical (unpaired) electrons. The fraction of sp³-hybridized carbons (Fsp3) is 0.571. The number of rotatable bonds is 5. The molecule has 2 N–H and O–H groups in total. The van der Waals surface area contributed by atoms with Crippen molar-refractivity contribution < 1.29 is 4.74 Å². The minimum Gasteiger partial charge on any atom is -0.495 e. The summed E-state index contributed by atoms with van der Waals surface area (Å²) in [7, 11) is 3.74. The standard InChI is InChI=1S/C14H21ClN2O/c1-10-6-13(18-3)12(15)7-11(10)8-17(2)9-14(16)4-5-14/h6-7H,4-5,8-9,16H2,1-3H3. The van der Waals surface area contributed by atoms with Gasteiger partial charge in [0.15, 0.2) is 0 Å². The molecule has 2 rings (SSSR count). The summed E-state index contributed by atoms with van der Waals surface area (Å²) in [5.74, 6) is 0.734. The predicted molar refractivity (Wildman–Crippen MR) is 75.2 cm³/mol. The van der Waals surface area contributed by atoms with E-state index >= 15 is 0 Å². The van der Waals surface area contributed by atoms with Gasteiger partial charge in [-0.15, -0.1) is 0 Å². The number of nitrogens with zero attached hydrogens (tertiary/aromatic N) is 1. The highest BCUT2D eigenvalue weighted by Gasteiger charge is 2.38. The van der Waals surface area contributed by atoms with Crippen LogP contribution in [0.15, 0.2) is 12.1 Å². The quantitative estimate of drug-likeness (QED) is 0.892. The zero-order chi connectivity index (χ0) is 13.3. The first-order valence-electron chi connectivity index (χ1n) is 6.24. The van der Waals surface area contributed by atoms with E-state index in [1.54, 1.807) is 7.11 Å². The van der Waals surface area contributed by atoms with Gasteiger partial charge in [-0.25, -0.2) is 0 Å². The van der Waals surface area contributed by atoms with Crippen LogP contribution in [0.25, 0.3) is 0 Å². The highest BCUT2D eigenvalue weighted by Crippen LogP contribution is 2.33. The molecule has 1 saturated carbocycles. The van der Waals surface area contributed by atoms with E-state index < -0.39 is 0 Å². The maximum atomic E-state index is 6.16. The smallest absolute Gasteiger partial charge is 0.137 e. The highest BCUT2D eigenvalue weighted by molar-refractivity contribution is 6.32. The van der Waals surface area contributed by atoms with E-state index in [0.29, 0.717) is 5.02 Å². The largest absolute Gasteiger partial charge is 0.495 e. The summed E-state index contributed by atoms with van der Waals surface area (Å²) < 4.78 is 5.21. The molecule has 0 saturated heterocycles. The average Bonchev–Trinajstić information content (AvgIpc) is 3.00. The minimum absolute atomic E-state index is 0.0545. The number of likely N-dealkylation sites (N-methyl/N-ethyl adjacent to an activating group) is 1. The SMILES string of the molecule is COc1cc(C)c(CN(C)CC2(N)CC2)cc1Cl. The van der Waals surface area contributed by atoms with Gasteiger partial charge in [-0.3, -0.25) is 0 Å². The Kier molecular flexibility index (Phi) is 3.85. The molecular weight excluding hydrogens is 248 g/mol. The summed E-state index contributed by atoms with van der Waals surface area (Å²) in [4.78, 5) is 2.26. The zero-order valence-electron chi connectivity index (χ0n) is 11.3. The van der Waals surface area contributed by atoms with Crippen molar-refractivity contribution in [1.82, 2.24) is 4.90 Å². The van der Waals surface area contributed by atoms with Crippen LogP contribution in [0.5, 0.6) is 5.75 Å². The number of hydrogen-bond acceptors (Lipinski definition) is 3. The molecule has 1 aromatic carbocycles. The Balaban J connectivity index is 2.06. The molecule has 3 nitrogen and oxygen atoms in total. The van der Waals surface area contributed by atoms with E-state index in [4.69, 9.17) is 22.1 Å². The molecule has 4 heteroatoms. The van der Waals surface area contributed by atoms with Gasteiger partial charge in [0.2, 0.25) is 0 Å². The molecule has 0 amide bonds. The van der Waals surface area contributed by atoms with Gasteiger partial charge in [0.1, 0.15) is 5.75 Å². The molecule has 0 bridgehead atoms. The lowest BCUT2D eigenvalue weighted by Crippen LogP contribution is -2.36. The molecule has 1 aliphatic carbocycles. The molecule has 0 aromatic heterocycles. The first-order valence-corrected chi connectivity index (χ1v) is 6.62. The number of hydrogen-bond donors (Lipinski definition) is 1. The van der Waals surface area contributed by atoms with E-state index in [0.717, 1.165) is 31.7 Å². The third-order valence-corrected chi connectivity index (χ3v) is 3.82. The Morgan fingerprint density at radius 1 is 1.44 bits per heavy atom. The van der Waals surface area contributed by atoms with Crippen molar-refractivity contribution >= 4 is 11.6 Å². The van der Waals surface area contributed by atoms with Crippen LogP contribution in [0, 0.1) is 6.92 Å². The molecular formula is C14H21ClN2O. The molecule has 18 heavy (non-hydrogen) atoms. The first-order chi connectivity index (χ1) is 8.43. The van der Waals surface area contributed by atoms with Crippen LogP contribution in [0.4, 0.5) is 0 Å². The van der Waals surface area contributed by atoms with E-state index in [9.17, 15) is 0 Å². The van der Waals surface area contributed by atoms with Crippen molar-refractivity contribution in [3.8, 4) is 5.75 Å². The summed E-state index contributed by atoms with van der Waals surface area (Å²) in [5.41, 5.74) is 8.61. The molecule has 0 aliphatic heterocycles. The molecule has 100 valence electrons. The van der Waals surface area contributed by atoms with Gasteiger partial charge in [-0.05, 0) is 50.1 Å². The van der Waals surface area contributed by atoms with Crippen LogP contribution in [0.2, 0.25) is 5.02 Å². The van der Waals surface area contributed by atoms with Crippen LogP contribution < -0.4 is 10.5 Å². The van der Waals surface area contributed by atoms with Crippen LogP contribution >= 0.6 is 11.6 Å². The Hall–Kier alpha value is -0.770. The number of halogens is 1. The fourth-order valence-electron chi connectivity index (χ4n) is 2.23. The third-order valence-electron chi connectivity index (χ3n) is 3.53. The summed E-state index contributed by atoms with van der Waals surface area (Å²) in [6, 6.07) is 3.98. The third kappa shape index (κ3) is 3.16. The molecule has 1 fully saturated rings. The van der Waals surface area contributed by atoms with Crippen LogP contribution in [0.3, 0.4) is 0 Å². The molecule has 0 atom stereocenters. The van der Waals surface area contributed by atoms with Gasteiger partial charge >= 0.3 is 0 Å². The second-order valence-corrected chi connectivity index (χ2v) is 5.86. The van der Waals surface area contributed by atoms with Crippen molar-refractivity contribution in [2.45, 2.75) is 31.8 Å². The van der Waals surface area contributed by atoms with Crippen molar-refractivity contribution in [2.75, 3.05) is 20.7 Å². The number of benzene rings is 1. The van der Waals surface area contributed by atoms with Gasteiger partial charge < -0.3 is 15.4 Å². The van der Waals surface area contributed by atoms with Gasteiger partial charge in [-0.2, -0.15) is 0 Å². The van der Waals surface area contributed by atoms with Crippen LogP contribution in [-0.4, -0.2) is 31.1 Å². The van der Waals surface area contributed by atoms with Crippen molar-refractivity contribution in [3.63, 3.8) is 0 Å². The normalized spacial score (nSPS) is 17.0. The summed E-state index contributed by atoms with van der Waals surface area (Å²) >= 11 is 6.16. The van der Waals surface area contributed by atoms with Crippen molar-refractivity contribution in [1.29, 1.82) is 0 Å². The fourth-order valence-corrected chi connectivity index (χ4v) is 2.49. The minimum atomic E-state index is 0.0545. The van der Waals surface area contributed by atoms with Crippen molar-refractivity contribution in [3.05, 3.63) is 28.3 Å². The molecule has 1 aromatic rings. The molecule has 0 heterocycles. The maximum Gasteiger partial charge on any atom is 0.137 e. The van der Waals surface area contributed by atoms with Gasteiger partial charge in [-0.1, -0.05) is 11.6 Å². The topological polar surface area (TPSA) is 38.5 Å². The Labute approximate surface area is 114 Å². The van der Waals surface area contributed by atoms with Crippen molar-refractivity contribution in [2.24, 2.45) is 5.73 Å².